The van der Waals surface area contributed by atoms with E-state index in [2.05, 4.69) is 10.6 Å². The van der Waals surface area contributed by atoms with Crippen LogP contribution in [-0.4, -0.2) is 42.7 Å². The van der Waals surface area contributed by atoms with Gasteiger partial charge >= 0.3 is 6.03 Å². The largest absolute Gasteiger partial charge is 0.462 e. The number of carbonyl (C=O) groups excluding carboxylic acids is 3. The Hall–Kier alpha value is -3.39. The van der Waals surface area contributed by atoms with Gasteiger partial charge < -0.3 is 15.4 Å². The van der Waals surface area contributed by atoms with Crippen LogP contribution in [0.3, 0.4) is 0 Å². The van der Waals surface area contributed by atoms with Gasteiger partial charge in [-0.2, -0.15) is 0 Å². The van der Waals surface area contributed by atoms with Crippen LogP contribution in [-0.2, 0) is 9.59 Å². The highest BCUT2D eigenvalue weighted by Crippen LogP contribution is 2.26. The van der Waals surface area contributed by atoms with Gasteiger partial charge in [0.1, 0.15) is 12.3 Å². The van der Waals surface area contributed by atoms with Crippen LogP contribution >= 0.6 is 11.6 Å². The van der Waals surface area contributed by atoms with E-state index in [1.165, 1.54) is 24.3 Å². The molecule has 162 valence electrons. The highest BCUT2D eigenvalue weighted by molar-refractivity contribution is 6.30. The Morgan fingerprint density at radius 2 is 2.03 bits per heavy atom. The molecule has 9 heteroatoms. The number of amides is 4. The standard InChI is InChI=1S/C22H21ClFN3O4/c1-14(15-5-3-2-4-6-15)26-22(30)27-12-20(28)25-11-17(21(27)29)9-16-10-18(23)7-8-19(16)31-13-24/h2-10,14H,11-13H2,1H3,(H,25,28)(H,26,30)/b17-9+/t14-/m1/s1. The first-order valence-electron chi connectivity index (χ1n) is 9.52. The van der Waals surface area contributed by atoms with Crippen LogP contribution in [0.2, 0.25) is 5.02 Å². The number of rotatable bonds is 5. The molecule has 2 N–H and O–H groups in total. The predicted octanol–water partition coefficient (Wildman–Crippen LogP) is 3.46. The first-order valence-corrected chi connectivity index (χ1v) is 9.89. The van der Waals surface area contributed by atoms with E-state index in [4.69, 9.17) is 16.3 Å². The zero-order valence-electron chi connectivity index (χ0n) is 16.7. The van der Waals surface area contributed by atoms with E-state index in [0.29, 0.717) is 10.6 Å². The molecule has 0 aliphatic carbocycles. The van der Waals surface area contributed by atoms with E-state index in [9.17, 15) is 18.8 Å². The lowest BCUT2D eigenvalue weighted by Crippen LogP contribution is -2.46. The molecule has 1 fully saturated rings. The van der Waals surface area contributed by atoms with E-state index in [1.807, 2.05) is 30.3 Å². The topological polar surface area (TPSA) is 87.7 Å². The van der Waals surface area contributed by atoms with Crippen LogP contribution in [0.5, 0.6) is 5.75 Å². The molecule has 1 atom stereocenters. The lowest BCUT2D eigenvalue weighted by molar-refractivity contribution is -0.128. The average Bonchev–Trinajstić information content (AvgIpc) is 2.90. The Balaban J connectivity index is 1.87. The highest BCUT2D eigenvalue weighted by Gasteiger charge is 2.31. The molecule has 0 radical (unpaired) electrons. The molecule has 2 aromatic carbocycles. The van der Waals surface area contributed by atoms with Gasteiger partial charge in [0.25, 0.3) is 5.91 Å². The number of urea groups is 1. The number of ether oxygens (including phenoxy) is 1. The zero-order valence-corrected chi connectivity index (χ0v) is 17.5. The van der Waals surface area contributed by atoms with Crippen LogP contribution in [0.25, 0.3) is 6.08 Å². The summed E-state index contributed by atoms with van der Waals surface area (Å²) in [5.41, 5.74) is 1.33. The molecular formula is C22H21ClFN3O4. The molecular weight excluding hydrogens is 425 g/mol. The van der Waals surface area contributed by atoms with Gasteiger partial charge in [-0.05, 0) is 36.8 Å². The molecule has 1 aliphatic rings. The van der Waals surface area contributed by atoms with Gasteiger partial charge in [-0.25, -0.2) is 9.18 Å². The highest BCUT2D eigenvalue weighted by atomic mass is 35.5. The lowest BCUT2D eigenvalue weighted by atomic mass is 10.1. The molecule has 0 aromatic heterocycles. The van der Waals surface area contributed by atoms with Crippen molar-refractivity contribution in [1.82, 2.24) is 15.5 Å². The summed E-state index contributed by atoms with van der Waals surface area (Å²) in [4.78, 5) is 38.8. The van der Waals surface area contributed by atoms with Crippen molar-refractivity contribution in [3.8, 4) is 5.75 Å². The van der Waals surface area contributed by atoms with Crippen LogP contribution in [0.1, 0.15) is 24.1 Å². The summed E-state index contributed by atoms with van der Waals surface area (Å²) in [5.74, 6) is -0.954. The van der Waals surface area contributed by atoms with Gasteiger partial charge in [-0.3, -0.25) is 14.5 Å². The summed E-state index contributed by atoms with van der Waals surface area (Å²) < 4.78 is 17.6. The van der Waals surface area contributed by atoms with Crippen LogP contribution in [0.4, 0.5) is 9.18 Å². The van der Waals surface area contributed by atoms with Crippen molar-refractivity contribution in [2.45, 2.75) is 13.0 Å². The number of alkyl halides is 1. The van der Waals surface area contributed by atoms with E-state index in [0.717, 1.165) is 10.5 Å². The van der Waals surface area contributed by atoms with Crippen molar-refractivity contribution in [1.29, 1.82) is 0 Å². The summed E-state index contributed by atoms with van der Waals surface area (Å²) in [6.07, 6.45) is 1.42. The third kappa shape index (κ3) is 5.61. The van der Waals surface area contributed by atoms with E-state index in [-0.39, 0.29) is 23.9 Å². The maximum absolute atomic E-state index is 13.1. The second kappa shape index (κ2) is 10.1. The Kier molecular flexibility index (Phi) is 7.25. The molecule has 0 saturated carbocycles. The maximum Gasteiger partial charge on any atom is 0.325 e. The lowest BCUT2D eigenvalue weighted by Gasteiger charge is -2.22. The first kappa shape index (κ1) is 22.3. The predicted molar refractivity (Wildman–Crippen MR) is 114 cm³/mol. The SMILES string of the molecule is C[C@@H](NC(=O)N1CC(=O)NC/C(=C\c2cc(Cl)ccc2OCF)C1=O)c1ccccc1. The second-order valence-corrected chi connectivity index (χ2v) is 7.29. The van der Waals surface area contributed by atoms with Crippen LogP contribution in [0.15, 0.2) is 54.1 Å². The van der Waals surface area contributed by atoms with Gasteiger partial charge in [0.05, 0.1) is 6.04 Å². The molecule has 0 spiro atoms. The minimum atomic E-state index is -1.06. The van der Waals surface area contributed by atoms with Gasteiger partial charge in [-0.15, -0.1) is 0 Å². The number of benzene rings is 2. The fourth-order valence-corrected chi connectivity index (χ4v) is 3.27. The molecule has 31 heavy (non-hydrogen) atoms. The molecule has 0 bridgehead atoms. The van der Waals surface area contributed by atoms with Gasteiger partial charge in [0.2, 0.25) is 12.8 Å². The fraction of sp³-hybridized carbons (Fsp3) is 0.227. The molecule has 4 amide bonds. The maximum atomic E-state index is 13.1. The molecule has 2 aromatic rings. The number of imide groups is 1. The average molecular weight is 446 g/mol. The number of hydrogen-bond acceptors (Lipinski definition) is 4. The molecule has 0 unspecified atom stereocenters. The van der Waals surface area contributed by atoms with Crippen LogP contribution in [0, 0.1) is 0 Å². The fourth-order valence-electron chi connectivity index (χ4n) is 3.09. The summed E-state index contributed by atoms with van der Waals surface area (Å²) in [6, 6.07) is 12.6. The Bertz CT molecular complexity index is 1010. The Morgan fingerprint density at radius 3 is 2.74 bits per heavy atom. The van der Waals surface area contributed by atoms with E-state index in [1.54, 1.807) is 6.92 Å². The van der Waals surface area contributed by atoms with E-state index < -0.39 is 31.3 Å². The van der Waals surface area contributed by atoms with Crippen molar-refractivity contribution in [2.75, 3.05) is 20.0 Å². The molecule has 7 nitrogen and oxygen atoms in total. The number of halogens is 2. The number of carbonyl (C=O) groups is 3. The number of hydrogen-bond donors (Lipinski definition) is 2. The number of nitrogens with zero attached hydrogens (tertiary/aromatic N) is 1. The molecule has 1 saturated heterocycles. The van der Waals surface area contributed by atoms with Crippen molar-refractivity contribution < 1.29 is 23.5 Å². The first-order chi connectivity index (χ1) is 14.9. The molecule has 3 rings (SSSR count). The molecule has 1 aliphatic heterocycles. The third-order valence-electron chi connectivity index (χ3n) is 4.69. The summed E-state index contributed by atoms with van der Waals surface area (Å²) >= 11 is 6.01. The summed E-state index contributed by atoms with van der Waals surface area (Å²) in [6.45, 7) is 0.192. The zero-order chi connectivity index (χ0) is 22.4. The Morgan fingerprint density at radius 1 is 1.29 bits per heavy atom. The van der Waals surface area contributed by atoms with E-state index >= 15 is 0 Å². The van der Waals surface area contributed by atoms with Crippen molar-refractivity contribution in [3.63, 3.8) is 0 Å². The van der Waals surface area contributed by atoms with Gasteiger partial charge in [-0.1, -0.05) is 41.9 Å². The smallest absolute Gasteiger partial charge is 0.325 e. The summed E-state index contributed by atoms with van der Waals surface area (Å²) in [7, 11) is 0. The second-order valence-electron chi connectivity index (χ2n) is 6.86. The quantitative estimate of drug-likeness (QED) is 0.690. The number of nitrogens with one attached hydrogen (secondary N) is 2. The third-order valence-corrected chi connectivity index (χ3v) is 4.93. The summed E-state index contributed by atoms with van der Waals surface area (Å²) in [5, 5.41) is 5.67. The van der Waals surface area contributed by atoms with Gasteiger partial charge in [0.15, 0.2) is 0 Å². The van der Waals surface area contributed by atoms with Crippen molar-refractivity contribution in [2.24, 2.45) is 0 Å². The minimum Gasteiger partial charge on any atom is -0.462 e. The van der Waals surface area contributed by atoms with Crippen molar-refractivity contribution in [3.05, 3.63) is 70.3 Å². The monoisotopic (exact) mass is 445 g/mol. The normalized spacial score (nSPS) is 16.5. The molecule has 1 heterocycles. The van der Waals surface area contributed by atoms with Crippen LogP contribution < -0.4 is 15.4 Å². The van der Waals surface area contributed by atoms with Gasteiger partial charge in [0, 0.05) is 22.7 Å². The minimum absolute atomic E-state index is 0.0999. The van der Waals surface area contributed by atoms with Crippen molar-refractivity contribution >= 4 is 35.5 Å². The Labute approximate surface area is 183 Å².